The number of benzene rings is 1. The van der Waals surface area contributed by atoms with Gasteiger partial charge >= 0.3 is 0 Å². The minimum atomic E-state index is -4.01. The Labute approximate surface area is 130 Å². The van der Waals surface area contributed by atoms with Crippen molar-refractivity contribution in [3.8, 4) is 5.75 Å². The first kappa shape index (κ1) is 15.6. The number of rotatable bonds is 4. The lowest BCUT2D eigenvalue weighted by Gasteiger charge is -2.26. The van der Waals surface area contributed by atoms with Crippen LogP contribution in [0.5, 0.6) is 5.75 Å². The monoisotopic (exact) mass is 381 g/mol. The molecule has 1 aromatic carbocycles. The van der Waals surface area contributed by atoms with Crippen LogP contribution in [0.2, 0.25) is 0 Å². The van der Waals surface area contributed by atoms with E-state index >= 15 is 0 Å². The molecule has 110 valence electrons. The molecule has 0 unspecified atom stereocenters. The summed E-state index contributed by atoms with van der Waals surface area (Å²) in [7, 11) is 2.70. The third kappa shape index (κ3) is 3.27. The summed E-state index contributed by atoms with van der Waals surface area (Å²) in [5.74, 6) is -0.236. The van der Waals surface area contributed by atoms with Crippen LogP contribution in [0.4, 0.5) is 0 Å². The molecule has 20 heavy (non-hydrogen) atoms. The molecule has 1 saturated carbocycles. The lowest BCUT2D eigenvalue weighted by molar-refractivity contribution is 0.0916. The molecule has 0 spiro atoms. The Balaban J connectivity index is 2.39. The van der Waals surface area contributed by atoms with Crippen molar-refractivity contribution in [3.63, 3.8) is 0 Å². The number of carbonyl (C=O) groups is 1. The van der Waals surface area contributed by atoms with Crippen molar-refractivity contribution < 1.29 is 17.9 Å². The highest BCUT2D eigenvalue weighted by atomic mass is 79.9. The first-order chi connectivity index (χ1) is 9.32. The van der Waals surface area contributed by atoms with E-state index in [0.29, 0.717) is 4.47 Å². The molecule has 8 heteroatoms. The van der Waals surface area contributed by atoms with E-state index < -0.39 is 9.05 Å². The van der Waals surface area contributed by atoms with Crippen LogP contribution in [0.1, 0.15) is 29.6 Å². The lowest BCUT2D eigenvalue weighted by atomic mass is 9.93. The Morgan fingerprint density at radius 1 is 1.45 bits per heavy atom. The van der Waals surface area contributed by atoms with Crippen LogP contribution in [0.25, 0.3) is 0 Å². The summed E-state index contributed by atoms with van der Waals surface area (Å²) in [5, 5.41) is 2.84. The molecule has 1 aliphatic carbocycles. The molecule has 1 aliphatic rings. The maximum atomic E-state index is 12.1. The van der Waals surface area contributed by atoms with Crippen LogP contribution >= 0.6 is 26.6 Å². The van der Waals surface area contributed by atoms with Gasteiger partial charge in [-0.2, -0.15) is 0 Å². The molecule has 1 fully saturated rings. The third-order valence-corrected chi connectivity index (χ3v) is 5.10. The zero-order valence-corrected chi connectivity index (χ0v) is 13.8. The van der Waals surface area contributed by atoms with Crippen LogP contribution in [0.15, 0.2) is 21.5 Å². The summed E-state index contributed by atoms with van der Waals surface area (Å²) in [6.45, 7) is 0. The maximum absolute atomic E-state index is 12.1. The average molecular weight is 383 g/mol. The number of carbonyl (C=O) groups excluding carboxylic acids is 1. The second kappa shape index (κ2) is 5.91. The average Bonchev–Trinajstić information content (AvgIpc) is 2.31. The van der Waals surface area contributed by atoms with E-state index in [0.717, 1.165) is 19.3 Å². The number of hydrogen-bond donors (Lipinski definition) is 1. The standard InChI is InChI=1S/C12H13BrClNO4S/c1-19-11-9(13)5-7(6-10(11)20(14,17)18)12(16)15-8-3-2-4-8/h5-6,8H,2-4H2,1H3,(H,15,16). The van der Waals surface area contributed by atoms with Crippen molar-refractivity contribution in [2.24, 2.45) is 0 Å². The Morgan fingerprint density at radius 2 is 2.10 bits per heavy atom. The molecule has 0 atom stereocenters. The van der Waals surface area contributed by atoms with Crippen molar-refractivity contribution in [2.45, 2.75) is 30.2 Å². The van der Waals surface area contributed by atoms with Crippen molar-refractivity contribution in [3.05, 3.63) is 22.2 Å². The van der Waals surface area contributed by atoms with Gasteiger partial charge in [0.2, 0.25) is 0 Å². The molecule has 0 radical (unpaired) electrons. The highest BCUT2D eigenvalue weighted by Gasteiger charge is 2.25. The van der Waals surface area contributed by atoms with E-state index in [1.54, 1.807) is 0 Å². The second-order valence-corrected chi connectivity index (χ2v) is 7.92. The van der Waals surface area contributed by atoms with E-state index in [2.05, 4.69) is 21.2 Å². The molecule has 0 saturated heterocycles. The van der Waals surface area contributed by atoms with Gasteiger partial charge in [-0.25, -0.2) is 8.42 Å². The molecule has 0 aromatic heterocycles. The van der Waals surface area contributed by atoms with Gasteiger partial charge in [0.15, 0.2) is 5.75 Å². The molecule has 0 aliphatic heterocycles. The molecule has 1 N–H and O–H groups in total. The highest BCUT2D eigenvalue weighted by molar-refractivity contribution is 9.10. The fraction of sp³-hybridized carbons (Fsp3) is 0.417. The first-order valence-electron chi connectivity index (χ1n) is 5.96. The number of ether oxygens (including phenoxy) is 1. The van der Waals surface area contributed by atoms with Gasteiger partial charge < -0.3 is 10.1 Å². The minimum absolute atomic E-state index is 0.0835. The first-order valence-corrected chi connectivity index (χ1v) is 9.06. The minimum Gasteiger partial charge on any atom is -0.494 e. The number of nitrogens with one attached hydrogen (secondary N) is 1. The van der Waals surface area contributed by atoms with Crippen molar-refractivity contribution in [1.29, 1.82) is 0 Å². The van der Waals surface area contributed by atoms with E-state index in [-0.39, 0.29) is 28.2 Å². The predicted molar refractivity (Wildman–Crippen MR) is 78.8 cm³/mol. The van der Waals surface area contributed by atoms with Crippen molar-refractivity contribution >= 4 is 41.6 Å². The van der Waals surface area contributed by atoms with Gasteiger partial charge in [-0.3, -0.25) is 4.79 Å². The molecule has 1 aromatic rings. The number of hydrogen-bond acceptors (Lipinski definition) is 4. The van der Waals surface area contributed by atoms with Gasteiger partial charge in [0.25, 0.3) is 15.0 Å². The van der Waals surface area contributed by atoms with Crippen molar-refractivity contribution in [1.82, 2.24) is 5.32 Å². The highest BCUT2D eigenvalue weighted by Crippen LogP contribution is 2.35. The number of methoxy groups -OCH3 is 1. The molecule has 2 rings (SSSR count). The van der Waals surface area contributed by atoms with Gasteiger partial charge in [-0.15, -0.1) is 0 Å². The normalized spacial score (nSPS) is 15.6. The summed E-state index contributed by atoms with van der Waals surface area (Å²) in [4.78, 5) is 11.8. The van der Waals surface area contributed by atoms with Gasteiger partial charge in [0.05, 0.1) is 11.6 Å². The second-order valence-electron chi connectivity index (χ2n) is 4.53. The molecule has 0 bridgehead atoms. The fourth-order valence-corrected chi connectivity index (χ4v) is 3.68. The van der Waals surface area contributed by atoms with Gasteiger partial charge in [-0.05, 0) is 47.3 Å². The quantitative estimate of drug-likeness (QED) is 0.813. The Bertz CT molecular complexity index is 643. The molecular weight excluding hydrogens is 370 g/mol. The fourth-order valence-electron chi connectivity index (χ4n) is 1.90. The Kier molecular flexibility index (Phi) is 4.61. The molecule has 0 heterocycles. The summed E-state index contributed by atoms with van der Waals surface area (Å²) < 4.78 is 28.5. The van der Waals surface area contributed by atoms with Gasteiger partial charge in [-0.1, -0.05) is 0 Å². The van der Waals surface area contributed by atoms with Crippen LogP contribution < -0.4 is 10.1 Å². The van der Waals surface area contributed by atoms with Crippen LogP contribution in [0.3, 0.4) is 0 Å². The van der Waals surface area contributed by atoms with Crippen LogP contribution in [-0.4, -0.2) is 27.5 Å². The van der Waals surface area contributed by atoms with E-state index in [1.165, 1.54) is 19.2 Å². The van der Waals surface area contributed by atoms with E-state index in [1.807, 2.05) is 0 Å². The predicted octanol–water partition coefficient (Wildman–Crippen LogP) is 2.67. The third-order valence-electron chi connectivity index (χ3n) is 3.18. The summed E-state index contributed by atoms with van der Waals surface area (Å²) in [6, 6.07) is 2.90. The number of amides is 1. The largest absolute Gasteiger partial charge is 0.494 e. The smallest absolute Gasteiger partial charge is 0.265 e. The zero-order valence-electron chi connectivity index (χ0n) is 10.7. The summed E-state index contributed by atoms with van der Waals surface area (Å²) in [5.41, 5.74) is 0.226. The van der Waals surface area contributed by atoms with E-state index in [9.17, 15) is 13.2 Å². The number of halogens is 2. The maximum Gasteiger partial charge on any atom is 0.265 e. The molecule has 5 nitrogen and oxygen atoms in total. The van der Waals surface area contributed by atoms with Crippen LogP contribution in [-0.2, 0) is 9.05 Å². The summed E-state index contributed by atoms with van der Waals surface area (Å²) >= 11 is 3.19. The van der Waals surface area contributed by atoms with Gasteiger partial charge in [0.1, 0.15) is 4.90 Å². The zero-order chi connectivity index (χ0) is 14.9. The molecule has 1 amide bonds. The molecular formula is C12H13BrClNO4S. The van der Waals surface area contributed by atoms with Crippen LogP contribution in [0, 0.1) is 0 Å². The Morgan fingerprint density at radius 3 is 2.55 bits per heavy atom. The van der Waals surface area contributed by atoms with E-state index in [4.69, 9.17) is 15.4 Å². The lowest BCUT2D eigenvalue weighted by Crippen LogP contribution is -2.39. The SMILES string of the molecule is COc1c(Br)cc(C(=O)NC2CCC2)cc1S(=O)(=O)Cl. The topological polar surface area (TPSA) is 72.5 Å². The van der Waals surface area contributed by atoms with Crippen molar-refractivity contribution in [2.75, 3.05) is 7.11 Å². The summed E-state index contributed by atoms with van der Waals surface area (Å²) in [6.07, 6.45) is 2.99. The van der Waals surface area contributed by atoms with Gasteiger partial charge in [0, 0.05) is 22.3 Å². The Hall–Kier alpha value is -0.790.